The van der Waals surface area contributed by atoms with Gasteiger partial charge in [-0.2, -0.15) is 0 Å². The molecule has 0 radical (unpaired) electrons. The first-order valence-corrected chi connectivity index (χ1v) is 7.65. The summed E-state index contributed by atoms with van der Waals surface area (Å²) in [7, 11) is 0. The SMILES string of the molecule is CCOC(=O)C(O)COc1ccc(C(=N)NC(=O)OC(C)(C)C)nc1. The second kappa shape index (κ2) is 8.97. The molecule has 1 rings (SSSR count). The smallest absolute Gasteiger partial charge is 0.413 e. The van der Waals surface area contributed by atoms with E-state index < -0.39 is 23.8 Å². The fraction of sp³-hybridized carbons (Fsp3) is 0.500. The highest BCUT2D eigenvalue weighted by atomic mass is 16.6. The summed E-state index contributed by atoms with van der Waals surface area (Å²) < 4.78 is 14.9. The minimum atomic E-state index is -1.40. The predicted octanol–water partition coefficient (Wildman–Crippen LogP) is 1.23. The van der Waals surface area contributed by atoms with Crippen molar-refractivity contribution in [2.75, 3.05) is 13.2 Å². The molecule has 0 saturated heterocycles. The first kappa shape index (κ1) is 20.4. The fourth-order valence-corrected chi connectivity index (χ4v) is 1.56. The molecule has 0 bridgehead atoms. The summed E-state index contributed by atoms with van der Waals surface area (Å²) in [6.07, 6.45) is -0.845. The van der Waals surface area contributed by atoms with E-state index in [9.17, 15) is 14.7 Å². The van der Waals surface area contributed by atoms with E-state index in [2.05, 4.69) is 15.0 Å². The maximum Gasteiger partial charge on any atom is 0.413 e. The van der Waals surface area contributed by atoms with Crippen LogP contribution < -0.4 is 10.1 Å². The van der Waals surface area contributed by atoms with Crippen molar-refractivity contribution in [3.63, 3.8) is 0 Å². The number of amides is 1. The Kier molecular flexibility index (Phi) is 7.31. The number of nitrogens with one attached hydrogen (secondary N) is 2. The van der Waals surface area contributed by atoms with Crippen LogP contribution in [0.1, 0.15) is 33.4 Å². The number of hydrogen-bond acceptors (Lipinski definition) is 8. The number of pyridine rings is 1. The molecule has 0 spiro atoms. The van der Waals surface area contributed by atoms with Crippen molar-refractivity contribution in [3.8, 4) is 5.75 Å². The van der Waals surface area contributed by atoms with E-state index in [4.69, 9.17) is 14.9 Å². The summed E-state index contributed by atoms with van der Waals surface area (Å²) >= 11 is 0. The number of rotatable bonds is 6. The molecule has 1 aromatic heterocycles. The van der Waals surface area contributed by atoms with Crippen LogP contribution in [0.15, 0.2) is 18.3 Å². The van der Waals surface area contributed by atoms with E-state index in [0.29, 0.717) is 0 Å². The number of aliphatic hydroxyl groups excluding tert-OH is 1. The lowest BCUT2D eigenvalue weighted by Crippen LogP contribution is -2.36. The van der Waals surface area contributed by atoms with E-state index in [-0.39, 0.29) is 30.5 Å². The van der Waals surface area contributed by atoms with Gasteiger partial charge >= 0.3 is 12.1 Å². The number of nitrogens with zero attached hydrogens (tertiary/aromatic N) is 1. The van der Waals surface area contributed by atoms with Crippen molar-refractivity contribution in [2.24, 2.45) is 0 Å². The zero-order valence-corrected chi connectivity index (χ0v) is 14.7. The third-order valence-electron chi connectivity index (χ3n) is 2.58. The van der Waals surface area contributed by atoms with Gasteiger partial charge in [0.1, 0.15) is 23.7 Å². The summed E-state index contributed by atoms with van der Waals surface area (Å²) in [6, 6.07) is 2.94. The predicted molar refractivity (Wildman–Crippen MR) is 88.6 cm³/mol. The zero-order chi connectivity index (χ0) is 19.0. The van der Waals surface area contributed by atoms with E-state index in [0.717, 1.165) is 0 Å². The van der Waals surface area contributed by atoms with Crippen LogP contribution in [-0.4, -0.2) is 52.9 Å². The van der Waals surface area contributed by atoms with Crippen LogP contribution in [0.25, 0.3) is 0 Å². The molecule has 1 unspecified atom stereocenters. The van der Waals surface area contributed by atoms with Gasteiger partial charge in [0.2, 0.25) is 0 Å². The highest BCUT2D eigenvalue weighted by Gasteiger charge is 2.19. The van der Waals surface area contributed by atoms with Crippen molar-refractivity contribution in [1.29, 1.82) is 5.41 Å². The highest BCUT2D eigenvalue weighted by Crippen LogP contribution is 2.11. The first-order chi connectivity index (χ1) is 11.6. The molecule has 9 nitrogen and oxygen atoms in total. The quantitative estimate of drug-likeness (QED) is 0.398. The average Bonchev–Trinajstić information content (AvgIpc) is 2.51. The van der Waals surface area contributed by atoms with E-state index >= 15 is 0 Å². The Morgan fingerprint density at radius 3 is 2.56 bits per heavy atom. The van der Waals surface area contributed by atoms with Crippen LogP contribution in [0.5, 0.6) is 5.75 Å². The summed E-state index contributed by atoms with van der Waals surface area (Å²) in [5.41, 5.74) is -0.473. The standard InChI is InChI=1S/C16H23N3O6/c1-5-23-14(21)12(20)9-24-10-6-7-11(18-8-10)13(17)19-15(22)25-16(2,3)4/h6-8,12,20H,5,9H2,1-4H3,(H2,17,19,22). The summed E-state index contributed by atoms with van der Waals surface area (Å²) in [5, 5.41) is 19.6. The molecule has 1 atom stereocenters. The summed E-state index contributed by atoms with van der Waals surface area (Å²) in [5.74, 6) is -0.708. The number of aliphatic hydroxyl groups is 1. The number of amidine groups is 1. The van der Waals surface area contributed by atoms with Crippen molar-refractivity contribution >= 4 is 17.9 Å². The normalized spacial score (nSPS) is 12.0. The topological polar surface area (TPSA) is 131 Å². The molecule has 0 aliphatic heterocycles. The summed E-state index contributed by atoms with van der Waals surface area (Å²) in [4.78, 5) is 26.8. The van der Waals surface area contributed by atoms with Crippen molar-refractivity contribution in [1.82, 2.24) is 10.3 Å². The van der Waals surface area contributed by atoms with Gasteiger partial charge < -0.3 is 19.3 Å². The minimum Gasteiger partial charge on any atom is -0.489 e. The van der Waals surface area contributed by atoms with Crippen LogP contribution in [0, 0.1) is 5.41 Å². The average molecular weight is 353 g/mol. The molecule has 0 saturated carbocycles. The molecule has 0 aliphatic carbocycles. The Balaban J connectivity index is 2.54. The van der Waals surface area contributed by atoms with E-state index in [1.807, 2.05) is 0 Å². The van der Waals surface area contributed by atoms with E-state index in [1.54, 1.807) is 27.7 Å². The third kappa shape index (κ3) is 7.62. The maximum atomic E-state index is 11.6. The molecule has 1 aromatic rings. The maximum absolute atomic E-state index is 11.6. The Bertz CT molecular complexity index is 609. The van der Waals surface area contributed by atoms with Crippen LogP contribution in [0.4, 0.5) is 4.79 Å². The van der Waals surface area contributed by atoms with Gasteiger partial charge in [0, 0.05) is 0 Å². The van der Waals surface area contributed by atoms with Gasteiger partial charge in [-0.25, -0.2) is 14.6 Å². The van der Waals surface area contributed by atoms with Gasteiger partial charge in [0.25, 0.3) is 0 Å². The largest absolute Gasteiger partial charge is 0.489 e. The van der Waals surface area contributed by atoms with Gasteiger partial charge in [0.05, 0.1) is 12.8 Å². The Morgan fingerprint density at radius 2 is 2.04 bits per heavy atom. The minimum absolute atomic E-state index is 0.166. The number of alkyl carbamates (subject to hydrolysis) is 1. The Hall–Kier alpha value is -2.68. The Morgan fingerprint density at radius 1 is 1.36 bits per heavy atom. The van der Waals surface area contributed by atoms with Gasteiger partial charge in [0.15, 0.2) is 11.9 Å². The molecule has 0 aromatic carbocycles. The van der Waals surface area contributed by atoms with Gasteiger partial charge in [-0.15, -0.1) is 0 Å². The first-order valence-electron chi connectivity index (χ1n) is 7.65. The van der Waals surface area contributed by atoms with Crippen molar-refractivity contribution in [2.45, 2.75) is 39.4 Å². The van der Waals surface area contributed by atoms with Gasteiger partial charge in [-0.1, -0.05) is 0 Å². The second-order valence-electron chi connectivity index (χ2n) is 5.96. The fourth-order valence-electron chi connectivity index (χ4n) is 1.56. The van der Waals surface area contributed by atoms with E-state index in [1.165, 1.54) is 18.3 Å². The third-order valence-corrected chi connectivity index (χ3v) is 2.58. The number of carbonyl (C=O) groups is 2. The lowest BCUT2D eigenvalue weighted by Gasteiger charge is -2.19. The van der Waals surface area contributed by atoms with Gasteiger partial charge in [-0.3, -0.25) is 10.7 Å². The second-order valence-corrected chi connectivity index (χ2v) is 5.96. The monoisotopic (exact) mass is 353 g/mol. The van der Waals surface area contributed by atoms with Crippen molar-refractivity contribution < 1.29 is 28.9 Å². The highest BCUT2D eigenvalue weighted by molar-refractivity contribution is 6.03. The van der Waals surface area contributed by atoms with Crippen molar-refractivity contribution in [3.05, 3.63) is 24.0 Å². The molecule has 138 valence electrons. The van der Waals surface area contributed by atoms with Crippen LogP contribution >= 0.6 is 0 Å². The number of carbonyl (C=O) groups excluding carboxylic acids is 2. The van der Waals surface area contributed by atoms with Crippen LogP contribution in [0.3, 0.4) is 0 Å². The number of ether oxygens (including phenoxy) is 3. The molecule has 3 N–H and O–H groups in total. The molecule has 0 fully saturated rings. The molecule has 0 aliphatic rings. The molecule has 25 heavy (non-hydrogen) atoms. The van der Waals surface area contributed by atoms with Crippen LogP contribution in [0.2, 0.25) is 0 Å². The number of aromatic nitrogens is 1. The lowest BCUT2D eigenvalue weighted by molar-refractivity contribution is -0.154. The lowest BCUT2D eigenvalue weighted by atomic mass is 10.2. The molecule has 1 heterocycles. The molecular weight excluding hydrogens is 330 g/mol. The molecule has 1 amide bonds. The Labute approximate surface area is 145 Å². The zero-order valence-electron chi connectivity index (χ0n) is 14.7. The number of esters is 1. The number of hydrogen-bond donors (Lipinski definition) is 3. The van der Waals surface area contributed by atoms with Crippen LogP contribution in [-0.2, 0) is 14.3 Å². The molecular formula is C16H23N3O6. The van der Waals surface area contributed by atoms with Gasteiger partial charge in [-0.05, 0) is 39.8 Å². The summed E-state index contributed by atoms with van der Waals surface area (Å²) in [6.45, 7) is 6.66. The molecule has 9 heteroatoms.